The van der Waals surface area contributed by atoms with Gasteiger partial charge in [-0.3, -0.25) is 0 Å². The Bertz CT molecular complexity index is 381. The Balaban J connectivity index is 1.95. The van der Waals surface area contributed by atoms with E-state index < -0.39 is 0 Å². The summed E-state index contributed by atoms with van der Waals surface area (Å²) in [6.07, 6.45) is 10.0. The largest absolute Gasteiger partial charge is 0.398 e. The van der Waals surface area contributed by atoms with Crippen molar-refractivity contribution in [3.8, 4) is 0 Å². The first-order valence-electron chi connectivity index (χ1n) is 6.18. The number of likely N-dealkylation sites (tertiary alicyclic amines) is 1. The van der Waals surface area contributed by atoms with E-state index in [1.54, 1.807) is 6.08 Å². The molecule has 3 heteroatoms. The summed E-state index contributed by atoms with van der Waals surface area (Å²) in [5.74, 6) is 0.564. The van der Waals surface area contributed by atoms with Crippen LogP contribution in [0, 0.1) is 5.92 Å². The summed E-state index contributed by atoms with van der Waals surface area (Å²) in [4.78, 5) is 2.19. The number of piperidine rings is 1. The third-order valence-electron chi connectivity index (χ3n) is 3.43. The van der Waals surface area contributed by atoms with Gasteiger partial charge >= 0.3 is 0 Å². The first kappa shape index (κ1) is 12.2. The van der Waals surface area contributed by atoms with Gasteiger partial charge in [0.1, 0.15) is 6.67 Å². The molecule has 0 aromatic heterocycles. The summed E-state index contributed by atoms with van der Waals surface area (Å²) >= 11 is 0. The van der Waals surface area contributed by atoms with Gasteiger partial charge in [-0.05, 0) is 49.6 Å². The molecule has 2 nitrogen and oxygen atoms in total. The highest BCUT2D eigenvalue weighted by molar-refractivity contribution is 5.34. The van der Waals surface area contributed by atoms with Crippen LogP contribution in [0.2, 0.25) is 0 Å². The van der Waals surface area contributed by atoms with Crippen LogP contribution in [0.25, 0.3) is 0 Å². The van der Waals surface area contributed by atoms with E-state index in [0.717, 1.165) is 31.6 Å². The third kappa shape index (κ3) is 3.32. The number of halogens is 1. The Labute approximate surface area is 102 Å². The Morgan fingerprint density at radius 2 is 2.06 bits per heavy atom. The van der Waals surface area contributed by atoms with Gasteiger partial charge in [0.15, 0.2) is 0 Å². The van der Waals surface area contributed by atoms with Crippen LogP contribution in [0.4, 0.5) is 4.39 Å². The molecule has 17 heavy (non-hydrogen) atoms. The van der Waals surface area contributed by atoms with Crippen LogP contribution in [0.1, 0.15) is 12.8 Å². The molecule has 1 aliphatic carbocycles. The van der Waals surface area contributed by atoms with Crippen molar-refractivity contribution in [2.24, 2.45) is 11.7 Å². The topological polar surface area (TPSA) is 29.3 Å². The maximum atomic E-state index is 12.2. The SMILES string of the molecule is NC1=CC=C(C2CCN(CCF)CC2)C=C=C1. The molecule has 0 aromatic carbocycles. The van der Waals surface area contributed by atoms with Crippen molar-refractivity contribution in [1.82, 2.24) is 4.90 Å². The highest BCUT2D eigenvalue weighted by Crippen LogP contribution is 2.26. The Morgan fingerprint density at radius 3 is 2.76 bits per heavy atom. The fourth-order valence-corrected chi connectivity index (χ4v) is 2.39. The molecule has 1 saturated heterocycles. The molecular weight excluding hydrogens is 215 g/mol. The lowest BCUT2D eigenvalue weighted by Crippen LogP contribution is -2.35. The summed E-state index contributed by atoms with van der Waals surface area (Å²) in [7, 11) is 0. The molecule has 1 fully saturated rings. The fourth-order valence-electron chi connectivity index (χ4n) is 2.39. The maximum absolute atomic E-state index is 12.2. The Kier molecular flexibility index (Phi) is 4.18. The molecule has 0 radical (unpaired) electrons. The quantitative estimate of drug-likeness (QED) is 0.758. The molecule has 2 rings (SSSR count). The lowest BCUT2D eigenvalue weighted by Gasteiger charge is -2.31. The van der Waals surface area contributed by atoms with E-state index in [-0.39, 0.29) is 6.67 Å². The highest BCUT2D eigenvalue weighted by atomic mass is 19.1. The summed E-state index contributed by atoms with van der Waals surface area (Å²) < 4.78 is 12.2. The van der Waals surface area contributed by atoms with Crippen molar-refractivity contribution >= 4 is 0 Å². The number of alkyl halides is 1. The minimum absolute atomic E-state index is 0.241. The van der Waals surface area contributed by atoms with Crippen LogP contribution >= 0.6 is 0 Å². The third-order valence-corrected chi connectivity index (χ3v) is 3.43. The number of rotatable bonds is 3. The molecule has 0 aromatic rings. The minimum Gasteiger partial charge on any atom is -0.398 e. The second kappa shape index (κ2) is 5.85. The predicted octanol–water partition coefficient (Wildman–Crippen LogP) is 2.16. The van der Waals surface area contributed by atoms with Crippen molar-refractivity contribution in [3.05, 3.63) is 41.3 Å². The van der Waals surface area contributed by atoms with E-state index in [2.05, 4.69) is 16.7 Å². The fraction of sp³-hybridized carbons (Fsp3) is 0.500. The zero-order valence-corrected chi connectivity index (χ0v) is 10.0. The number of hydrogen-bond donors (Lipinski definition) is 1. The molecular formula is C14H19FN2. The minimum atomic E-state index is -0.241. The standard InChI is InChI=1S/C14H19FN2/c15-8-11-17-9-6-13(7-10-17)12-2-1-3-14(16)5-4-12/h2-5,13H,6-11,16H2. The molecule has 0 bridgehead atoms. The first-order valence-corrected chi connectivity index (χ1v) is 6.18. The van der Waals surface area contributed by atoms with Gasteiger partial charge in [-0.15, -0.1) is 5.73 Å². The molecule has 2 N–H and O–H groups in total. The molecule has 0 unspecified atom stereocenters. The van der Waals surface area contributed by atoms with Crippen LogP contribution in [0.5, 0.6) is 0 Å². The molecule has 0 saturated carbocycles. The molecule has 1 aliphatic heterocycles. The molecule has 0 atom stereocenters. The van der Waals surface area contributed by atoms with Gasteiger partial charge in [-0.2, -0.15) is 0 Å². The van der Waals surface area contributed by atoms with Gasteiger partial charge in [0, 0.05) is 18.3 Å². The Morgan fingerprint density at radius 1 is 1.29 bits per heavy atom. The first-order chi connectivity index (χ1) is 8.29. The second-order valence-electron chi connectivity index (χ2n) is 4.59. The van der Waals surface area contributed by atoms with Crippen molar-refractivity contribution in [2.45, 2.75) is 12.8 Å². The second-order valence-corrected chi connectivity index (χ2v) is 4.59. The van der Waals surface area contributed by atoms with Crippen LogP contribution in [0.15, 0.2) is 41.3 Å². The average Bonchev–Trinajstić information content (AvgIpc) is 2.56. The van der Waals surface area contributed by atoms with Crippen LogP contribution < -0.4 is 5.73 Å². The van der Waals surface area contributed by atoms with E-state index >= 15 is 0 Å². The lowest BCUT2D eigenvalue weighted by molar-refractivity contribution is 0.186. The number of hydrogen-bond acceptors (Lipinski definition) is 2. The predicted molar refractivity (Wildman–Crippen MR) is 68.1 cm³/mol. The molecule has 92 valence electrons. The summed E-state index contributed by atoms with van der Waals surface area (Å²) in [6.45, 7) is 2.31. The van der Waals surface area contributed by atoms with Crippen LogP contribution in [0.3, 0.4) is 0 Å². The molecule has 0 amide bonds. The zero-order valence-electron chi connectivity index (χ0n) is 10.0. The van der Waals surface area contributed by atoms with E-state index in [1.807, 2.05) is 12.2 Å². The van der Waals surface area contributed by atoms with Gasteiger partial charge in [-0.25, -0.2) is 4.39 Å². The van der Waals surface area contributed by atoms with Crippen molar-refractivity contribution in [1.29, 1.82) is 0 Å². The smallest absolute Gasteiger partial charge is 0.102 e. The average molecular weight is 234 g/mol. The number of allylic oxidation sites excluding steroid dienone is 4. The highest BCUT2D eigenvalue weighted by Gasteiger charge is 2.20. The monoisotopic (exact) mass is 234 g/mol. The molecule has 0 spiro atoms. The van der Waals surface area contributed by atoms with Crippen molar-refractivity contribution in [2.75, 3.05) is 26.3 Å². The molecule has 2 aliphatic rings. The Hall–Kier alpha value is -1.31. The summed E-state index contributed by atoms with van der Waals surface area (Å²) in [5.41, 5.74) is 10.8. The lowest BCUT2D eigenvalue weighted by atomic mass is 9.89. The van der Waals surface area contributed by atoms with E-state index in [4.69, 9.17) is 5.73 Å². The zero-order chi connectivity index (χ0) is 12.1. The van der Waals surface area contributed by atoms with E-state index in [9.17, 15) is 4.39 Å². The van der Waals surface area contributed by atoms with E-state index in [1.165, 1.54) is 5.57 Å². The van der Waals surface area contributed by atoms with Gasteiger partial charge in [0.05, 0.1) is 0 Å². The summed E-state index contributed by atoms with van der Waals surface area (Å²) in [6, 6.07) is 0. The van der Waals surface area contributed by atoms with E-state index in [0.29, 0.717) is 12.5 Å². The number of nitrogens with zero attached hydrogens (tertiary/aromatic N) is 1. The van der Waals surface area contributed by atoms with Gasteiger partial charge < -0.3 is 10.6 Å². The van der Waals surface area contributed by atoms with Crippen molar-refractivity contribution < 1.29 is 4.39 Å². The summed E-state index contributed by atoms with van der Waals surface area (Å²) in [5, 5.41) is 0. The maximum Gasteiger partial charge on any atom is 0.102 e. The van der Waals surface area contributed by atoms with Crippen LogP contribution in [-0.4, -0.2) is 31.2 Å². The van der Waals surface area contributed by atoms with Crippen molar-refractivity contribution in [3.63, 3.8) is 0 Å². The van der Waals surface area contributed by atoms with Gasteiger partial charge in [-0.1, -0.05) is 6.08 Å². The van der Waals surface area contributed by atoms with Gasteiger partial charge in [0.25, 0.3) is 0 Å². The number of nitrogens with two attached hydrogens (primary N) is 1. The van der Waals surface area contributed by atoms with Gasteiger partial charge in [0.2, 0.25) is 0 Å². The van der Waals surface area contributed by atoms with Crippen LogP contribution in [-0.2, 0) is 0 Å². The molecule has 1 heterocycles. The normalized spacial score (nSPS) is 22.2.